The third-order valence-electron chi connectivity index (χ3n) is 2.33. The summed E-state index contributed by atoms with van der Waals surface area (Å²) in [5.74, 6) is 0. The maximum absolute atomic E-state index is 5.45. The lowest BCUT2D eigenvalue weighted by molar-refractivity contribution is -0.00398. The van der Waals surface area contributed by atoms with Gasteiger partial charge in [0.1, 0.15) is 4.11 Å². The number of nitrogens with one attached hydrogen (secondary N) is 1. The number of nitrogens with zero attached hydrogens (tertiary/aromatic N) is 1. The van der Waals surface area contributed by atoms with Crippen LogP contribution in [0.25, 0.3) is 0 Å². The summed E-state index contributed by atoms with van der Waals surface area (Å²) < 4.78 is 5.86. The van der Waals surface area contributed by atoms with E-state index in [4.69, 9.17) is 4.74 Å². The molecule has 0 spiro atoms. The van der Waals surface area contributed by atoms with Gasteiger partial charge in [-0.25, -0.2) is 0 Å². The molecule has 0 radical (unpaired) electrons. The fourth-order valence-electron chi connectivity index (χ4n) is 1.49. The molecule has 1 atom stereocenters. The maximum atomic E-state index is 5.45. The van der Waals surface area contributed by atoms with Gasteiger partial charge in [-0.3, -0.25) is 4.90 Å². The summed E-state index contributed by atoms with van der Waals surface area (Å²) in [6.07, 6.45) is 0. The van der Waals surface area contributed by atoms with Gasteiger partial charge in [-0.1, -0.05) is 0 Å². The van der Waals surface area contributed by atoms with Crippen molar-refractivity contribution in [3.05, 3.63) is 0 Å². The molecule has 4 heteroatoms. The first-order chi connectivity index (χ1) is 5.36. The molecule has 0 aliphatic carbocycles. The molecule has 0 bridgehead atoms. The first-order valence-electron chi connectivity index (χ1n) is 4.07. The molecular formula is C7H13IN2O. The monoisotopic (exact) mass is 268 g/mol. The summed E-state index contributed by atoms with van der Waals surface area (Å²) in [5.41, 5.74) is 0. The third kappa shape index (κ3) is 1.85. The van der Waals surface area contributed by atoms with Gasteiger partial charge in [0.15, 0.2) is 0 Å². The highest BCUT2D eigenvalue weighted by molar-refractivity contribution is 14.1. The predicted octanol–water partition coefficient (Wildman–Crippen LogP) is 0.0515. The molecule has 0 aromatic carbocycles. The smallest absolute Gasteiger partial charge is 0.121 e. The van der Waals surface area contributed by atoms with Crippen molar-refractivity contribution in [2.45, 2.75) is 10.2 Å². The first kappa shape index (κ1) is 8.22. The number of halogens is 1. The van der Waals surface area contributed by atoms with Crippen LogP contribution in [0.15, 0.2) is 0 Å². The predicted molar refractivity (Wildman–Crippen MR) is 52.0 cm³/mol. The summed E-state index contributed by atoms with van der Waals surface area (Å²) in [6.45, 7) is 5.47. The van der Waals surface area contributed by atoms with E-state index in [9.17, 15) is 0 Å². The number of rotatable bonds is 1. The third-order valence-corrected chi connectivity index (χ3v) is 3.09. The van der Waals surface area contributed by atoms with E-state index in [1.165, 1.54) is 13.1 Å². The highest BCUT2D eigenvalue weighted by atomic mass is 127. The number of hydrogen-bond acceptors (Lipinski definition) is 3. The van der Waals surface area contributed by atoms with Crippen molar-refractivity contribution in [3.63, 3.8) is 0 Å². The quantitative estimate of drug-likeness (QED) is 0.537. The van der Waals surface area contributed by atoms with E-state index < -0.39 is 0 Å². The molecule has 0 saturated carbocycles. The van der Waals surface area contributed by atoms with Crippen LogP contribution in [-0.2, 0) is 4.74 Å². The largest absolute Gasteiger partial charge is 0.365 e. The Kier molecular flexibility index (Phi) is 2.65. The van der Waals surface area contributed by atoms with Gasteiger partial charge in [-0.2, -0.15) is 0 Å². The Bertz CT molecular complexity index is 140. The van der Waals surface area contributed by atoms with Crippen LogP contribution in [0, 0.1) is 0 Å². The van der Waals surface area contributed by atoms with Crippen molar-refractivity contribution in [1.29, 1.82) is 0 Å². The fourth-order valence-corrected chi connectivity index (χ4v) is 2.25. The van der Waals surface area contributed by atoms with Crippen LogP contribution in [0.3, 0.4) is 0 Å². The number of hydrogen-bond donors (Lipinski definition) is 1. The van der Waals surface area contributed by atoms with Gasteiger partial charge in [0.05, 0.1) is 6.61 Å². The van der Waals surface area contributed by atoms with Crippen LogP contribution >= 0.6 is 22.6 Å². The number of ether oxygens (including phenoxy) is 1. The minimum Gasteiger partial charge on any atom is -0.365 e. The van der Waals surface area contributed by atoms with Crippen molar-refractivity contribution in [2.75, 3.05) is 32.8 Å². The molecule has 2 aliphatic rings. The molecule has 0 aromatic heterocycles. The SMILES string of the molecule is IC1CN(C2CNC2)CCO1. The number of morpholine rings is 1. The molecule has 64 valence electrons. The van der Waals surface area contributed by atoms with Gasteiger partial charge >= 0.3 is 0 Å². The van der Waals surface area contributed by atoms with Gasteiger partial charge in [0, 0.05) is 32.2 Å². The lowest BCUT2D eigenvalue weighted by atomic mass is 10.1. The zero-order valence-corrected chi connectivity index (χ0v) is 8.58. The molecule has 3 nitrogen and oxygen atoms in total. The fraction of sp³-hybridized carbons (Fsp3) is 1.00. The van der Waals surface area contributed by atoms with E-state index in [1.54, 1.807) is 0 Å². The van der Waals surface area contributed by atoms with E-state index in [0.29, 0.717) is 4.11 Å². The normalized spacial score (nSPS) is 35.2. The maximum Gasteiger partial charge on any atom is 0.121 e. The summed E-state index contributed by atoms with van der Waals surface area (Å²) in [5, 5.41) is 3.29. The molecule has 2 fully saturated rings. The van der Waals surface area contributed by atoms with Crippen molar-refractivity contribution in [2.24, 2.45) is 0 Å². The molecule has 0 amide bonds. The molecule has 1 unspecified atom stereocenters. The van der Waals surface area contributed by atoms with Gasteiger partial charge in [-0.05, 0) is 22.6 Å². The standard InChI is InChI=1S/C7H13IN2O/c8-7-5-10(1-2-11-7)6-3-9-4-6/h6-7,9H,1-5H2. The van der Waals surface area contributed by atoms with Crippen molar-refractivity contribution in [1.82, 2.24) is 10.2 Å². The summed E-state index contributed by atoms with van der Waals surface area (Å²) in [4.78, 5) is 2.52. The topological polar surface area (TPSA) is 24.5 Å². The summed E-state index contributed by atoms with van der Waals surface area (Å²) >= 11 is 2.36. The molecule has 2 aliphatic heterocycles. The van der Waals surface area contributed by atoms with E-state index in [2.05, 4.69) is 32.8 Å². The van der Waals surface area contributed by atoms with Crippen LogP contribution in [-0.4, -0.2) is 47.8 Å². The summed E-state index contributed by atoms with van der Waals surface area (Å²) in [7, 11) is 0. The van der Waals surface area contributed by atoms with E-state index in [0.717, 1.165) is 25.7 Å². The first-order valence-corrected chi connectivity index (χ1v) is 5.31. The zero-order valence-electron chi connectivity index (χ0n) is 6.42. The zero-order chi connectivity index (χ0) is 7.68. The van der Waals surface area contributed by atoms with Crippen molar-refractivity contribution in [3.8, 4) is 0 Å². The van der Waals surface area contributed by atoms with E-state index >= 15 is 0 Å². The molecular weight excluding hydrogens is 255 g/mol. The Hall–Kier alpha value is 0.610. The van der Waals surface area contributed by atoms with Gasteiger partial charge < -0.3 is 10.1 Å². The highest BCUT2D eigenvalue weighted by Crippen LogP contribution is 2.15. The average Bonchev–Trinajstić information content (AvgIpc) is 1.83. The molecule has 2 rings (SSSR count). The van der Waals surface area contributed by atoms with Crippen molar-refractivity contribution < 1.29 is 4.74 Å². The Labute approximate surface area is 80.6 Å². The Morgan fingerprint density at radius 2 is 2.27 bits per heavy atom. The van der Waals surface area contributed by atoms with Crippen LogP contribution in [0.2, 0.25) is 0 Å². The molecule has 11 heavy (non-hydrogen) atoms. The highest BCUT2D eigenvalue weighted by Gasteiger charge is 2.28. The summed E-state index contributed by atoms with van der Waals surface area (Å²) in [6, 6.07) is 0.788. The molecule has 2 saturated heterocycles. The molecule has 2 heterocycles. The second-order valence-electron chi connectivity index (χ2n) is 3.09. The Morgan fingerprint density at radius 1 is 1.45 bits per heavy atom. The average molecular weight is 268 g/mol. The Morgan fingerprint density at radius 3 is 2.82 bits per heavy atom. The molecule has 1 N–H and O–H groups in total. The lowest BCUT2D eigenvalue weighted by Gasteiger charge is -2.41. The second kappa shape index (κ2) is 3.55. The minimum atomic E-state index is 0.405. The molecule has 0 aromatic rings. The van der Waals surface area contributed by atoms with Gasteiger partial charge in [0.2, 0.25) is 0 Å². The van der Waals surface area contributed by atoms with Crippen LogP contribution in [0.1, 0.15) is 0 Å². The van der Waals surface area contributed by atoms with Crippen LogP contribution in [0.5, 0.6) is 0 Å². The second-order valence-corrected chi connectivity index (χ2v) is 4.48. The van der Waals surface area contributed by atoms with E-state index in [1.807, 2.05) is 0 Å². The number of alkyl halides is 1. The van der Waals surface area contributed by atoms with Crippen LogP contribution < -0.4 is 5.32 Å². The van der Waals surface area contributed by atoms with Gasteiger partial charge in [0.25, 0.3) is 0 Å². The minimum absolute atomic E-state index is 0.405. The van der Waals surface area contributed by atoms with Crippen LogP contribution in [0.4, 0.5) is 0 Å². The Balaban J connectivity index is 1.82. The van der Waals surface area contributed by atoms with E-state index in [-0.39, 0.29) is 0 Å². The van der Waals surface area contributed by atoms with Crippen molar-refractivity contribution >= 4 is 22.6 Å². The lowest BCUT2D eigenvalue weighted by Crippen LogP contribution is -2.60. The van der Waals surface area contributed by atoms with Gasteiger partial charge in [-0.15, -0.1) is 0 Å².